The second-order valence-electron chi connectivity index (χ2n) is 7.23. The molecular formula is C20H25FN6O2. The number of carbonyl (C=O) groups excluding carboxylic acids is 1. The van der Waals surface area contributed by atoms with Crippen LogP contribution in [0.15, 0.2) is 24.4 Å². The van der Waals surface area contributed by atoms with Crippen molar-refractivity contribution in [3.63, 3.8) is 0 Å². The zero-order chi connectivity index (χ0) is 20.2. The Morgan fingerprint density at radius 2 is 1.86 bits per heavy atom. The number of nitrogens with one attached hydrogen (secondary N) is 1. The molecule has 29 heavy (non-hydrogen) atoms. The molecule has 3 heterocycles. The summed E-state index contributed by atoms with van der Waals surface area (Å²) in [6, 6.07) is 4.87. The van der Waals surface area contributed by atoms with Crippen molar-refractivity contribution in [3.05, 3.63) is 35.9 Å². The van der Waals surface area contributed by atoms with Crippen molar-refractivity contribution in [1.29, 1.82) is 0 Å². The molecule has 154 valence electrons. The number of ether oxygens (including phenoxy) is 1. The van der Waals surface area contributed by atoms with Crippen LogP contribution in [0.5, 0.6) is 0 Å². The van der Waals surface area contributed by atoms with Crippen molar-refractivity contribution in [2.75, 3.05) is 54.5 Å². The number of hydrogen-bond donors (Lipinski definition) is 2. The first kappa shape index (κ1) is 19.4. The first-order valence-electron chi connectivity index (χ1n) is 9.93. The maximum Gasteiger partial charge on any atom is 0.271 e. The quantitative estimate of drug-likeness (QED) is 0.795. The van der Waals surface area contributed by atoms with Gasteiger partial charge in [0.1, 0.15) is 11.6 Å². The summed E-state index contributed by atoms with van der Waals surface area (Å²) in [4.78, 5) is 24.6. The SMILES string of the molecule is NC(=O)c1ncc(N2CCCCC2)nc1Nc1ccc(N2CCOCC2)c(F)c1. The van der Waals surface area contributed by atoms with Gasteiger partial charge in [-0.05, 0) is 37.5 Å². The normalized spacial score (nSPS) is 17.3. The number of hydrogen-bond acceptors (Lipinski definition) is 7. The van der Waals surface area contributed by atoms with Crippen LogP contribution < -0.4 is 20.9 Å². The summed E-state index contributed by atoms with van der Waals surface area (Å²) in [7, 11) is 0. The van der Waals surface area contributed by atoms with E-state index in [2.05, 4.69) is 20.2 Å². The number of nitrogens with zero attached hydrogens (tertiary/aromatic N) is 4. The number of morpholine rings is 1. The van der Waals surface area contributed by atoms with Crippen molar-refractivity contribution in [1.82, 2.24) is 9.97 Å². The molecular weight excluding hydrogens is 375 g/mol. The van der Waals surface area contributed by atoms with Gasteiger partial charge in [0.05, 0.1) is 25.1 Å². The number of rotatable bonds is 5. The lowest BCUT2D eigenvalue weighted by atomic mass is 10.1. The molecule has 9 heteroatoms. The van der Waals surface area contributed by atoms with E-state index < -0.39 is 5.91 Å². The molecule has 0 saturated carbocycles. The lowest BCUT2D eigenvalue weighted by molar-refractivity contribution is 0.0996. The fraction of sp³-hybridized carbons (Fsp3) is 0.450. The molecule has 4 rings (SSSR count). The summed E-state index contributed by atoms with van der Waals surface area (Å²) >= 11 is 0. The number of amides is 1. The van der Waals surface area contributed by atoms with Gasteiger partial charge in [-0.15, -0.1) is 0 Å². The Morgan fingerprint density at radius 3 is 2.55 bits per heavy atom. The molecule has 3 N–H and O–H groups in total. The van der Waals surface area contributed by atoms with Crippen molar-refractivity contribution in [3.8, 4) is 0 Å². The highest BCUT2D eigenvalue weighted by Crippen LogP contribution is 2.27. The average molecular weight is 400 g/mol. The minimum atomic E-state index is -0.685. The monoisotopic (exact) mass is 400 g/mol. The van der Waals surface area contributed by atoms with Gasteiger partial charge in [0, 0.05) is 31.9 Å². The molecule has 8 nitrogen and oxygen atoms in total. The minimum absolute atomic E-state index is 0.0309. The molecule has 0 unspecified atom stereocenters. The fourth-order valence-electron chi connectivity index (χ4n) is 3.70. The molecule has 2 fully saturated rings. The van der Waals surface area contributed by atoms with E-state index in [1.165, 1.54) is 12.5 Å². The molecule has 2 aliphatic heterocycles. The molecule has 2 aliphatic rings. The lowest BCUT2D eigenvalue weighted by Gasteiger charge is -2.29. The van der Waals surface area contributed by atoms with Gasteiger partial charge in [-0.1, -0.05) is 0 Å². The Hall–Kier alpha value is -2.94. The molecule has 0 radical (unpaired) electrons. The number of piperidine rings is 1. The Labute approximate surface area is 168 Å². The second kappa shape index (κ2) is 8.60. The van der Waals surface area contributed by atoms with E-state index in [9.17, 15) is 9.18 Å². The standard InChI is InChI=1S/C20H25FN6O2/c21-15-12-14(4-5-16(15)26-8-10-29-11-9-26)24-20-18(19(22)28)23-13-17(25-20)27-6-2-1-3-7-27/h4-5,12-13H,1-3,6-11H2,(H2,22,28)(H,24,25). The number of halogens is 1. The molecule has 2 saturated heterocycles. The highest BCUT2D eigenvalue weighted by Gasteiger charge is 2.19. The van der Waals surface area contributed by atoms with Gasteiger partial charge in [0.2, 0.25) is 0 Å². The molecule has 0 aliphatic carbocycles. The first-order valence-corrected chi connectivity index (χ1v) is 9.93. The Kier molecular flexibility index (Phi) is 5.75. The smallest absolute Gasteiger partial charge is 0.271 e. The zero-order valence-corrected chi connectivity index (χ0v) is 16.2. The Balaban J connectivity index is 1.58. The zero-order valence-electron chi connectivity index (χ0n) is 16.2. The van der Waals surface area contributed by atoms with Crippen LogP contribution in [-0.2, 0) is 4.74 Å². The van der Waals surface area contributed by atoms with Gasteiger partial charge in [-0.2, -0.15) is 0 Å². The van der Waals surface area contributed by atoms with Gasteiger partial charge in [0.15, 0.2) is 11.5 Å². The maximum atomic E-state index is 14.7. The first-order chi connectivity index (χ1) is 14.1. The van der Waals surface area contributed by atoms with Crippen molar-refractivity contribution >= 4 is 28.9 Å². The molecule has 0 bridgehead atoms. The van der Waals surface area contributed by atoms with Crippen LogP contribution >= 0.6 is 0 Å². The second-order valence-corrected chi connectivity index (χ2v) is 7.23. The summed E-state index contributed by atoms with van der Waals surface area (Å²) in [5.74, 6) is -0.116. The summed E-state index contributed by atoms with van der Waals surface area (Å²) in [5.41, 5.74) is 6.50. The van der Waals surface area contributed by atoms with Gasteiger partial charge in [0.25, 0.3) is 5.91 Å². The highest BCUT2D eigenvalue weighted by molar-refractivity contribution is 5.96. The van der Waals surface area contributed by atoms with Gasteiger partial charge >= 0.3 is 0 Å². The van der Waals surface area contributed by atoms with Gasteiger partial charge in [-0.3, -0.25) is 4.79 Å². The molecule has 1 aromatic heterocycles. The third kappa shape index (κ3) is 4.40. The van der Waals surface area contributed by atoms with Crippen LogP contribution in [0.25, 0.3) is 0 Å². The Morgan fingerprint density at radius 1 is 1.10 bits per heavy atom. The minimum Gasteiger partial charge on any atom is -0.378 e. The number of benzene rings is 1. The number of carbonyl (C=O) groups is 1. The van der Waals surface area contributed by atoms with Crippen LogP contribution in [0.3, 0.4) is 0 Å². The average Bonchev–Trinajstić information content (AvgIpc) is 2.75. The van der Waals surface area contributed by atoms with Gasteiger partial charge < -0.3 is 25.6 Å². The molecule has 2 aromatic rings. The van der Waals surface area contributed by atoms with Crippen molar-refractivity contribution in [2.24, 2.45) is 5.73 Å². The van der Waals surface area contributed by atoms with E-state index in [1.54, 1.807) is 18.3 Å². The van der Waals surface area contributed by atoms with E-state index in [-0.39, 0.29) is 17.3 Å². The number of aromatic nitrogens is 2. The van der Waals surface area contributed by atoms with Crippen LogP contribution in [0.2, 0.25) is 0 Å². The van der Waals surface area contributed by atoms with E-state index in [1.807, 2.05) is 4.90 Å². The largest absolute Gasteiger partial charge is 0.378 e. The van der Waals surface area contributed by atoms with E-state index >= 15 is 0 Å². The number of nitrogens with two attached hydrogens (primary N) is 1. The van der Waals surface area contributed by atoms with E-state index in [0.717, 1.165) is 25.9 Å². The van der Waals surface area contributed by atoms with E-state index in [0.29, 0.717) is 43.5 Å². The Bertz CT molecular complexity index is 881. The molecule has 1 aromatic carbocycles. The highest BCUT2D eigenvalue weighted by atomic mass is 19.1. The van der Waals surface area contributed by atoms with Crippen molar-refractivity contribution in [2.45, 2.75) is 19.3 Å². The third-order valence-corrected chi connectivity index (χ3v) is 5.24. The third-order valence-electron chi connectivity index (χ3n) is 5.24. The summed E-state index contributed by atoms with van der Waals surface area (Å²) in [5, 5.41) is 3.02. The van der Waals surface area contributed by atoms with E-state index in [4.69, 9.17) is 10.5 Å². The predicted octanol–water partition coefficient (Wildman–Crippen LogP) is 2.29. The van der Waals surface area contributed by atoms with Crippen molar-refractivity contribution < 1.29 is 13.9 Å². The van der Waals surface area contributed by atoms with Crippen LogP contribution in [0.4, 0.5) is 27.4 Å². The van der Waals surface area contributed by atoms with Gasteiger partial charge in [-0.25, -0.2) is 14.4 Å². The summed E-state index contributed by atoms with van der Waals surface area (Å²) < 4.78 is 20.0. The number of primary amides is 1. The molecule has 0 atom stereocenters. The number of anilines is 4. The fourth-order valence-corrected chi connectivity index (χ4v) is 3.70. The molecule has 0 spiro atoms. The van der Waals surface area contributed by atoms with Crippen LogP contribution in [0.1, 0.15) is 29.8 Å². The summed E-state index contributed by atoms with van der Waals surface area (Å²) in [6.45, 7) is 4.26. The maximum absolute atomic E-state index is 14.7. The molecule has 1 amide bonds. The van der Waals surface area contributed by atoms with Crippen LogP contribution in [0, 0.1) is 5.82 Å². The predicted molar refractivity (Wildman–Crippen MR) is 109 cm³/mol. The summed E-state index contributed by atoms with van der Waals surface area (Å²) in [6.07, 6.45) is 4.95. The van der Waals surface area contributed by atoms with Crippen LogP contribution in [-0.4, -0.2) is 55.3 Å². The topological polar surface area (TPSA) is 96.6 Å². The lowest BCUT2D eigenvalue weighted by Crippen LogP contribution is -2.36.